The third kappa shape index (κ3) is 2.82. The van der Waals surface area contributed by atoms with E-state index in [9.17, 15) is 4.79 Å². The van der Waals surface area contributed by atoms with Gasteiger partial charge in [0.25, 0.3) is 0 Å². The number of carbonyl (C=O) groups is 1. The lowest BCUT2D eigenvalue weighted by atomic mass is 10.3. The van der Waals surface area contributed by atoms with Crippen LogP contribution >= 0.6 is 0 Å². The van der Waals surface area contributed by atoms with Crippen molar-refractivity contribution in [3.8, 4) is 0 Å². The molecule has 0 aliphatic heterocycles. The Morgan fingerprint density at radius 3 is 2.62 bits per heavy atom. The highest BCUT2D eigenvalue weighted by atomic mass is 16.1. The molecule has 0 saturated heterocycles. The van der Waals surface area contributed by atoms with Crippen molar-refractivity contribution >= 4 is 17.4 Å². The molecule has 0 spiro atoms. The summed E-state index contributed by atoms with van der Waals surface area (Å²) >= 11 is 0. The zero-order valence-corrected chi connectivity index (χ0v) is 10.1. The van der Waals surface area contributed by atoms with E-state index >= 15 is 0 Å². The number of anilines is 1. The van der Waals surface area contributed by atoms with E-state index in [2.05, 4.69) is 10.3 Å². The molecule has 4 nitrogen and oxygen atoms in total. The molecule has 2 heterocycles. The number of aromatic nitrogens is 2. The Hall–Kier alpha value is -1.84. The van der Waals surface area contributed by atoms with E-state index in [1.807, 2.05) is 43.5 Å². The molecule has 2 aromatic heterocycles. The number of nitrogens with zero attached hydrogens (tertiary/aromatic N) is 2. The third-order valence-corrected chi connectivity index (χ3v) is 1.90. The number of fused-ring (bicyclic) bond motifs is 1. The summed E-state index contributed by atoms with van der Waals surface area (Å²) in [4.78, 5) is 15.0. The molecule has 2 rings (SSSR count). The first kappa shape index (κ1) is 12.2. The van der Waals surface area contributed by atoms with E-state index in [-0.39, 0.29) is 5.91 Å². The standard InChI is InChI=1S/C10H11N3O.C2H6/c1-7-3-4-10-12-9(11-8(2)14)6-13(10)5-7;1-2/h3-6H,1-2H3,(H,11,14);1-2H3. The van der Waals surface area contributed by atoms with Crippen LogP contribution in [-0.2, 0) is 4.79 Å². The lowest BCUT2D eigenvalue weighted by molar-refractivity contribution is -0.114. The second kappa shape index (κ2) is 5.30. The van der Waals surface area contributed by atoms with Gasteiger partial charge < -0.3 is 9.72 Å². The van der Waals surface area contributed by atoms with E-state index in [1.165, 1.54) is 6.92 Å². The Balaban J connectivity index is 0.000000606. The summed E-state index contributed by atoms with van der Waals surface area (Å²) in [7, 11) is 0. The molecule has 0 unspecified atom stereocenters. The van der Waals surface area contributed by atoms with E-state index in [4.69, 9.17) is 0 Å². The highest BCUT2D eigenvalue weighted by molar-refractivity contribution is 5.87. The zero-order chi connectivity index (χ0) is 12.1. The summed E-state index contributed by atoms with van der Waals surface area (Å²) in [5, 5.41) is 2.64. The number of imidazole rings is 1. The second-order valence-corrected chi connectivity index (χ2v) is 3.28. The summed E-state index contributed by atoms with van der Waals surface area (Å²) in [6.45, 7) is 7.48. The molecule has 0 bridgehead atoms. The van der Waals surface area contributed by atoms with Crippen LogP contribution in [-0.4, -0.2) is 15.3 Å². The molecule has 0 fully saturated rings. The molecule has 0 aromatic carbocycles. The van der Waals surface area contributed by atoms with Gasteiger partial charge in [-0.3, -0.25) is 4.79 Å². The predicted octanol–water partition coefficient (Wildman–Crippen LogP) is 2.63. The van der Waals surface area contributed by atoms with Gasteiger partial charge in [-0.15, -0.1) is 0 Å². The minimum absolute atomic E-state index is 0.106. The monoisotopic (exact) mass is 219 g/mol. The quantitative estimate of drug-likeness (QED) is 0.801. The number of hydrogen-bond acceptors (Lipinski definition) is 2. The maximum atomic E-state index is 10.8. The molecule has 1 N–H and O–H groups in total. The number of hydrogen-bond donors (Lipinski definition) is 1. The average molecular weight is 219 g/mol. The van der Waals surface area contributed by atoms with Crippen LogP contribution in [0.1, 0.15) is 26.3 Å². The second-order valence-electron chi connectivity index (χ2n) is 3.28. The molecule has 0 saturated carbocycles. The molecule has 0 atom stereocenters. The first-order valence-corrected chi connectivity index (χ1v) is 5.38. The molecular formula is C12H17N3O. The van der Waals surface area contributed by atoms with Crippen LogP contribution in [0.3, 0.4) is 0 Å². The van der Waals surface area contributed by atoms with Crippen LogP contribution in [0.4, 0.5) is 5.82 Å². The van der Waals surface area contributed by atoms with Gasteiger partial charge in [-0.2, -0.15) is 0 Å². The predicted molar refractivity (Wildman–Crippen MR) is 65.6 cm³/mol. The van der Waals surface area contributed by atoms with Crippen molar-refractivity contribution in [1.29, 1.82) is 0 Å². The Bertz CT molecular complexity index is 488. The molecule has 0 aliphatic rings. The van der Waals surface area contributed by atoms with Crippen molar-refractivity contribution in [1.82, 2.24) is 9.38 Å². The fourth-order valence-electron chi connectivity index (χ4n) is 1.34. The maximum Gasteiger partial charge on any atom is 0.222 e. The molecule has 2 aromatic rings. The van der Waals surface area contributed by atoms with Crippen LogP contribution < -0.4 is 5.32 Å². The van der Waals surface area contributed by atoms with Gasteiger partial charge in [-0.05, 0) is 18.6 Å². The van der Waals surface area contributed by atoms with E-state index in [0.29, 0.717) is 5.82 Å². The van der Waals surface area contributed by atoms with Crippen molar-refractivity contribution in [2.75, 3.05) is 5.32 Å². The van der Waals surface area contributed by atoms with Gasteiger partial charge in [-0.1, -0.05) is 19.9 Å². The summed E-state index contributed by atoms with van der Waals surface area (Å²) in [5.41, 5.74) is 1.99. The van der Waals surface area contributed by atoms with E-state index < -0.39 is 0 Å². The third-order valence-electron chi connectivity index (χ3n) is 1.90. The van der Waals surface area contributed by atoms with Crippen molar-refractivity contribution < 1.29 is 4.79 Å². The summed E-state index contributed by atoms with van der Waals surface area (Å²) in [6.07, 6.45) is 3.76. The molecule has 86 valence electrons. The molecule has 0 aliphatic carbocycles. The van der Waals surface area contributed by atoms with Crippen molar-refractivity contribution in [3.05, 3.63) is 30.1 Å². The van der Waals surface area contributed by atoms with Gasteiger partial charge >= 0.3 is 0 Å². The van der Waals surface area contributed by atoms with E-state index in [0.717, 1.165) is 11.2 Å². The number of aryl methyl sites for hydroxylation is 1. The van der Waals surface area contributed by atoms with Crippen LogP contribution in [0.2, 0.25) is 0 Å². The van der Waals surface area contributed by atoms with Crippen LogP contribution in [0.5, 0.6) is 0 Å². The lowest BCUT2D eigenvalue weighted by Crippen LogP contribution is -2.05. The first-order valence-electron chi connectivity index (χ1n) is 5.38. The van der Waals surface area contributed by atoms with Gasteiger partial charge in [-0.25, -0.2) is 4.98 Å². The van der Waals surface area contributed by atoms with Crippen LogP contribution in [0.25, 0.3) is 5.65 Å². The maximum absolute atomic E-state index is 10.8. The SMILES string of the molecule is CC.CC(=O)Nc1cn2cc(C)ccc2n1. The van der Waals surface area contributed by atoms with E-state index in [1.54, 1.807) is 6.20 Å². The fraction of sp³-hybridized carbons (Fsp3) is 0.333. The molecule has 4 heteroatoms. The van der Waals surface area contributed by atoms with Crippen molar-refractivity contribution in [3.63, 3.8) is 0 Å². The van der Waals surface area contributed by atoms with Crippen molar-refractivity contribution in [2.45, 2.75) is 27.7 Å². The topological polar surface area (TPSA) is 46.4 Å². The Morgan fingerprint density at radius 1 is 1.31 bits per heavy atom. The average Bonchev–Trinajstić information content (AvgIpc) is 2.61. The Morgan fingerprint density at radius 2 is 2.00 bits per heavy atom. The largest absolute Gasteiger partial charge is 0.310 e. The normalized spacial score (nSPS) is 9.50. The number of carbonyl (C=O) groups excluding carboxylic acids is 1. The molecule has 0 radical (unpaired) electrons. The summed E-state index contributed by atoms with van der Waals surface area (Å²) < 4.78 is 1.89. The van der Waals surface area contributed by atoms with Gasteiger partial charge in [0.2, 0.25) is 5.91 Å². The minimum Gasteiger partial charge on any atom is -0.310 e. The lowest BCUT2D eigenvalue weighted by Gasteiger charge is -1.93. The van der Waals surface area contributed by atoms with Crippen LogP contribution in [0.15, 0.2) is 24.5 Å². The Labute approximate surface area is 95.3 Å². The molecular weight excluding hydrogens is 202 g/mol. The molecule has 1 amide bonds. The van der Waals surface area contributed by atoms with Gasteiger partial charge in [0, 0.05) is 13.1 Å². The van der Waals surface area contributed by atoms with Crippen molar-refractivity contribution in [2.24, 2.45) is 0 Å². The molecule has 16 heavy (non-hydrogen) atoms. The first-order chi connectivity index (χ1) is 7.65. The number of amides is 1. The van der Waals surface area contributed by atoms with Gasteiger partial charge in [0.05, 0.1) is 6.20 Å². The van der Waals surface area contributed by atoms with Gasteiger partial charge in [0.1, 0.15) is 5.65 Å². The fourth-order valence-corrected chi connectivity index (χ4v) is 1.34. The smallest absolute Gasteiger partial charge is 0.222 e. The Kier molecular flexibility index (Phi) is 4.05. The number of pyridine rings is 1. The summed E-state index contributed by atoms with van der Waals surface area (Å²) in [6, 6.07) is 3.90. The zero-order valence-electron chi connectivity index (χ0n) is 10.1. The highest BCUT2D eigenvalue weighted by Gasteiger charge is 2.01. The van der Waals surface area contributed by atoms with Crippen LogP contribution in [0, 0.1) is 6.92 Å². The number of nitrogens with one attached hydrogen (secondary N) is 1. The number of rotatable bonds is 1. The summed E-state index contributed by atoms with van der Waals surface area (Å²) in [5.74, 6) is 0.480. The highest BCUT2D eigenvalue weighted by Crippen LogP contribution is 2.10. The van der Waals surface area contributed by atoms with Gasteiger partial charge in [0.15, 0.2) is 5.82 Å². The minimum atomic E-state index is -0.106.